The Kier molecular flexibility index (Phi) is 4.40. The Bertz CT molecular complexity index is 568. The summed E-state index contributed by atoms with van der Waals surface area (Å²) in [6.45, 7) is 4.33. The van der Waals surface area contributed by atoms with E-state index in [0.29, 0.717) is 28.8 Å². The first-order valence-corrected chi connectivity index (χ1v) is 6.74. The van der Waals surface area contributed by atoms with Gasteiger partial charge in [-0.15, -0.1) is 0 Å². The summed E-state index contributed by atoms with van der Waals surface area (Å²) in [5.41, 5.74) is 9.35. The molecular formula is C14H15Cl2N3. The fourth-order valence-electron chi connectivity index (χ4n) is 2.04. The molecule has 0 bridgehead atoms. The molecule has 1 aromatic heterocycles. The van der Waals surface area contributed by atoms with Crippen LogP contribution in [0.3, 0.4) is 0 Å². The van der Waals surface area contributed by atoms with E-state index in [1.54, 1.807) is 0 Å². The Morgan fingerprint density at radius 2 is 1.53 bits per heavy atom. The highest BCUT2D eigenvalue weighted by atomic mass is 35.5. The van der Waals surface area contributed by atoms with Gasteiger partial charge in [0.25, 0.3) is 0 Å². The SMILES string of the molecule is Cc1nc(Cc2c(Cl)cccc2Cl)nc(C)c1CN. The van der Waals surface area contributed by atoms with Crippen LogP contribution in [0.15, 0.2) is 18.2 Å². The molecule has 0 atom stereocenters. The van der Waals surface area contributed by atoms with Gasteiger partial charge >= 0.3 is 0 Å². The van der Waals surface area contributed by atoms with Gasteiger partial charge in [0.05, 0.1) is 0 Å². The topological polar surface area (TPSA) is 51.8 Å². The predicted octanol–water partition coefficient (Wildman–Crippen LogP) is 3.45. The van der Waals surface area contributed by atoms with E-state index in [2.05, 4.69) is 9.97 Å². The predicted molar refractivity (Wildman–Crippen MR) is 78.7 cm³/mol. The van der Waals surface area contributed by atoms with E-state index >= 15 is 0 Å². The fourth-order valence-corrected chi connectivity index (χ4v) is 2.57. The molecular weight excluding hydrogens is 281 g/mol. The number of hydrogen-bond acceptors (Lipinski definition) is 3. The van der Waals surface area contributed by atoms with Crippen molar-refractivity contribution in [3.05, 3.63) is 56.6 Å². The van der Waals surface area contributed by atoms with Crippen LogP contribution in [0, 0.1) is 13.8 Å². The highest BCUT2D eigenvalue weighted by Gasteiger charge is 2.11. The quantitative estimate of drug-likeness (QED) is 0.943. The minimum Gasteiger partial charge on any atom is -0.326 e. The lowest BCUT2D eigenvalue weighted by Gasteiger charge is -2.10. The molecule has 0 unspecified atom stereocenters. The molecule has 2 rings (SSSR count). The van der Waals surface area contributed by atoms with Crippen LogP contribution in [0.5, 0.6) is 0 Å². The largest absolute Gasteiger partial charge is 0.326 e. The summed E-state index contributed by atoms with van der Waals surface area (Å²) in [6, 6.07) is 5.45. The monoisotopic (exact) mass is 295 g/mol. The van der Waals surface area contributed by atoms with Crippen LogP contribution < -0.4 is 5.73 Å². The zero-order valence-corrected chi connectivity index (χ0v) is 12.4. The van der Waals surface area contributed by atoms with Gasteiger partial charge in [-0.2, -0.15) is 0 Å². The smallest absolute Gasteiger partial charge is 0.133 e. The van der Waals surface area contributed by atoms with E-state index in [-0.39, 0.29) is 0 Å². The number of rotatable bonds is 3. The standard InChI is InChI=1S/C14H15Cl2N3/c1-8-11(7-17)9(2)19-14(18-8)6-10-12(15)4-3-5-13(10)16/h3-5H,6-7,17H2,1-2H3. The molecule has 0 saturated carbocycles. The number of halogens is 2. The summed E-state index contributed by atoms with van der Waals surface area (Å²) in [7, 11) is 0. The average Bonchev–Trinajstić information content (AvgIpc) is 2.34. The summed E-state index contributed by atoms with van der Waals surface area (Å²) in [6.07, 6.45) is 0.519. The second-order valence-corrected chi connectivity index (χ2v) is 5.18. The molecule has 1 heterocycles. The van der Waals surface area contributed by atoms with Gasteiger partial charge in [0.1, 0.15) is 5.82 Å². The van der Waals surface area contributed by atoms with Crippen molar-refractivity contribution in [3.8, 4) is 0 Å². The highest BCUT2D eigenvalue weighted by Crippen LogP contribution is 2.26. The average molecular weight is 296 g/mol. The normalized spacial score (nSPS) is 10.8. The Hall–Kier alpha value is -1.16. The lowest BCUT2D eigenvalue weighted by molar-refractivity contribution is 0.867. The lowest BCUT2D eigenvalue weighted by atomic mass is 10.1. The van der Waals surface area contributed by atoms with Gasteiger partial charge in [0, 0.05) is 40.0 Å². The van der Waals surface area contributed by atoms with E-state index in [9.17, 15) is 0 Å². The van der Waals surface area contributed by atoms with Gasteiger partial charge in [0.15, 0.2) is 0 Å². The van der Waals surface area contributed by atoms with Gasteiger partial charge in [-0.05, 0) is 31.5 Å². The molecule has 2 N–H and O–H groups in total. The molecule has 0 spiro atoms. The molecule has 19 heavy (non-hydrogen) atoms. The third-order valence-corrected chi connectivity index (χ3v) is 3.78. The summed E-state index contributed by atoms with van der Waals surface area (Å²) in [5.74, 6) is 0.710. The van der Waals surface area contributed by atoms with Crippen molar-refractivity contribution < 1.29 is 0 Å². The molecule has 0 radical (unpaired) electrons. The van der Waals surface area contributed by atoms with Crippen LogP contribution in [-0.4, -0.2) is 9.97 Å². The minimum absolute atomic E-state index is 0.449. The third-order valence-electron chi connectivity index (χ3n) is 3.07. The van der Waals surface area contributed by atoms with Gasteiger partial charge in [-0.1, -0.05) is 29.3 Å². The van der Waals surface area contributed by atoms with Crippen molar-refractivity contribution in [2.45, 2.75) is 26.8 Å². The van der Waals surface area contributed by atoms with E-state index < -0.39 is 0 Å². The van der Waals surface area contributed by atoms with Gasteiger partial charge < -0.3 is 5.73 Å². The van der Waals surface area contributed by atoms with Gasteiger partial charge in [0.2, 0.25) is 0 Å². The maximum atomic E-state index is 6.16. The first-order valence-electron chi connectivity index (χ1n) is 5.99. The minimum atomic E-state index is 0.449. The fraction of sp³-hybridized carbons (Fsp3) is 0.286. The number of hydrogen-bond donors (Lipinski definition) is 1. The molecule has 100 valence electrons. The van der Waals surface area contributed by atoms with Crippen LogP contribution in [-0.2, 0) is 13.0 Å². The zero-order chi connectivity index (χ0) is 14.0. The maximum Gasteiger partial charge on any atom is 0.133 e. The summed E-state index contributed by atoms with van der Waals surface area (Å²) >= 11 is 12.3. The number of aryl methyl sites for hydroxylation is 2. The van der Waals surface area contributed by atoms with Crippen molar-refractivity contribution in [3.63, 3.8) is 0 Å². The number of aromatic nitrogens is 2. The Morgan fingerprint density at radius 1 is 1.00 bits per heavy atom. The van der Waals surface area contributed by atoms with Gasteiger partial charge in [-0.3, -0.25) is 0 Å². The van der Waals surface area contributed by atoms with E-state index in [4.69, 9.17) is 28.9 Å². The number of nitrogens with zero attached hydrogens (tertiary/aromatic N) is 2. The molecule has 0 aliphatic heterocycles. The van der Waals surface area contributed by atoms with E-state index in [1.807, 2.05) is 32.0 Å². The number of benzene rings is 1. The summed E-state index contributed by atoms with van der Waals surface area (Å²) in [4.78, 5) is 8.95. The summed E-state index contributed by atoms with van der Waals surface area (Å²) < 4.78 is 0. The van der Waals surface area contributed by atoms with Crippen LogP contribution in [0.4, 0.5) is 0 Å². The molecule has 0 saturated heterocycles. The Labute approximate surface area is 122 Å². The zero-order valence-electron chi connectivity index (χ0n) is 10.9. The Morgan fingerprint density at radius 3 is 2.00 bits per heavy atom. The second kappa shape index (κ2) is 5.87. The molecule has 3 nitrogen and oxygen atoms in total. The van der Waals surface area contributed by atoms with Crippen molar-refractivity contribution in [2.24, 2.45) is 5.73 Å². The first-order chi connectivity index (χ1) is 9.02. The first kappa shape index (κ1) is 14.3. The molecule has 0 aliphatic rings. The van der Waals surface area contributed by atoms with Crippen molar-refractivity contribution in [2.75, 3.05) is 0 Å². The molecule has 5 heteroatoms. The molecule has 2 aromatic rings. The second-order valence-electron chi connectivity index (χ2n) is 4.37. The van der Waals surface area contributed by atoms with Crippen molar-refractivity contribution in [1.29, 1.82) is 0 Å². The van der Waals surface area contributed by atoms with Crippen LogP contribution in [0.1, 0.15) is 28.3 Å². The van der Waals surface area contributed by atoms with E-state index in [0.717, 1.165) is 22.5 Å². The van der Waals surface area contributed by atoms with Crippen molar-refractivity contribution >= 4 is 23.2 Å². The highest BCUT2D eigenvalue weighted by molar-refractivity contribution is 6.36. The van der Waals surface area contributed by atoms with E-state index in [1.165, 1.54) is 0 Å². The Balaban J connectivity index is 2.39. The van der Waals surface area contributed by atoms with Crippen LogP contribution >= 0.6 is 23.2 Å². The number of nitrogens with two attached hydrogens (primary N) is 1. The van der Waals surface area contributed by atoms with Crippen LogP contribution in [0.2, 0.25) is 10.0 Å². The third kappa shape index (κ3) is 3.06. The molecule has 1 aromatic carbocycles. The van der Waals surface area contributed by atoms with Gasteiger partial charge in [-0.25, -0.2) is 9.97 Å². The maximum absolute atomic E-state index is 6.16. The molecule has 0 fully saturated rings. The molecule has 0 amide bonds. The summed E-state index contributed by atoms with van der Waals surface area (Å²) in [5, 5.41) is 1.27. The lowest BCUT2D eigenvalue weighted by Crippen LogP contribution is -2.09. The molecule has 0 aliphatic carbocycles. The van der Waals surface area contributed by atoms with Crippen molar-refractivity contribution in [1.82, 2.24) is 9.97 Å². The van der Waals surface area contributed by atoms with Crippen LogP contribution in [0.25, 0.3) is 0 Å².